The molecule has 7 nitrogen and oxygen atoms in total. The van der Waals surface area contributed by atoms with Crippen molar-refractivity contribution in [2.24, 2.45) is 4.99 Å². The summed E-state index contributed by atoms with van der Waals surface area (Å²) in [4.78, 5) is 6.92. The molecule has 2 aromatic carbocycles. The maximum atomic E-state index is 5.53. The van der Waals surface area contributed by atoms with Crippen LogP contribution in [0.25, 0.3) is 0 Å². The van der Waals surface area contributed by atoms with Gasteiger partial charge >= 0.3 is 0 Å². The monoisotopic (exact) mass is 554 g/mol. The van der Waals surface area contributed by atoms with Crippen molar-refractivity contribution in [1.29, 1.82) is 0 Å². The number of benzene rings is 2. The molecule has 1 fully saturated rings. The minimum Gasteiger partial charge on any atom is -0.496 e. The van der Waals surface area contributed by atoms with Gasteiger partial charge in [-0.3, -0.25) is 9.89 Å². The molecule has 2 N–H and O–H groups in total. The van der Waals surface area contributed by atoms with Crippen molar-refractivity contribution < 1.29 is 14.2 Å². The molecule has 0 radical (unpaired) electrons. The Morgan fingerprint density at radius 1 is 1.03 bits per heavy atom. The highest BCUT2D eigenvalue weighted by Gasteiger charge is 2.29. The van der Waals surface area contributed by atoms with E-state index < -0.39 is 0 Å². The van der Waals surface area contributed by atoms with Gasteiger partial charge in [-0.05, 0) is 25.0 Å². The minimum atomic E-state index is 0. The molecule has 1 saturated heterocycles. The van der Waals surface area contributed by atoms with E-state index in [2.05, 4.69) is 57.8 Å². The molecule has 2 unspecified atom stereocenters. The average molecular weight is 554 g/mol. The number of aliphatic imine (C=N–C) groups is 1. The first-order valence-corrected chi connectivity index (χ1v) is 10.6. The fraction of sp³-hybridized carbons (Fsp3) is 0.458. The Hall–Kier alpha value is -2.20. The number of hydrogen-bond donors (Lipinski definition) is 2. The highest BCUT2D eigenvalue weighted by Crippen LogP contribution is 2.34. The van der Waals surface area contributed by atoms with Crippen LogP contribution in [0.1, 0.15) is 24.5 Å². The van der Waals surface area contributed by atoms with Crippen LogP contribution in [0.5, 0.6) is 17.2 Å². The van der Waals surface area contributed by atoms with Gasteiger partial charge in [-0.2, -0.15) is 0 Å². The van der Waals surface area contributed by atoms with Crippen LogP contribution < -0.4 is 24.8 Å². The predicted molar refractivity (Wildman–Crippen MR) is 140 cm³/mol. The van der Waals surface area contributed by atoms with E-state index >= 15 is 0 Å². The molecule has 8 heteroatoms. The summed E-state index contributed by atoms with van der Waals surface area (Å²) in [5.41, 5.74) is 2.31. The lowest BCUT2D eigenvalue weighted by molar-refractivity contribution is 0.258. The van der Waals surface area contributed by atoms with E-state index in [1.165, 1.54) is 5.56 Å². The van der Waals surface area contributed by atoms with Crippen molar-refractivity contribution in [3.8, 4) is 17.2 Å². The van der Waals surface area contributed by atoms with E-state index in [1.54, 1.807) is 28.4 Å². The van der Waals surface area contributed by atoms with Crippen LogP contribution in [0.3, 0.4) is 0 Å². The van der Waals surface area contributed by atoms with E-state index in [0.29, 0.717) is 30.1 Å². The van der Waals surface area contributed by atoms with E-state index in [0.717, 1.165) is 36.8 Å². The van der Waals surface area contributed by atoms with Gasteiger partial charge in [-0.25, -0.2) is 0 Å². The predicted octanol–water partition coefficient (Wildman–Crippen LogP) is 3.66. The van der Waals surface area contributed by atoms with Crippen LogP contribution in [-0.4, -0.2) is 57.9 Å². The maximum Gasteiger partial charge on any atom is 0.191 e. The van der Waals surface area contributed by atoms with Crippen LogP contribution >= 0.6 is 24.0 Å². The third-order valence-corrected chi connectivity index (χ3v) is 5.73. The van der Waals surface area contributed by atoms with E-state index in [9.17, 15) is 0 Å². The molecule has 2 atom stereocenters. The first-order valence-electron chi connectivity index (χ1n) is 10.6. The second-order valence-electron chi connectivity index (χ2n) is 7.79. The Morgan fingerprint density at radius 2 is 1.69 bits per heavy atom. The molecule has 0 amide bonds. The fourth-order valence-electron chi connectivity index (χ4n) is 4.04. The summed E-state index contributed by atoms with van der Waals surface area (Å²) in [5, 5.41) is 6.97. The number of nitrogens with zero attached hydrogens (tertiary/aromatic N) is 2. The molecule has 3 rings (SSSR count). The fourth-order valence-corrected chi connectivity index (χ4v) is 4.04. The Balaban J connectivity index is 0.00000363. The molecule has 32 heavy (non-hydrogen) atoms. The molecule has 0 spiro atoms. The van der Waals surface area contributed by atoms with Gasteiger partial charge in [0.15, 0.2) is 17.5 Å². The lowest BCUT2D eigenvalue weighted by Gasteiger charge is -2.21. The van der Waals surface area contributed by atoms with Crippen LogP contribution in [0.4, 0.5) is 0 Å². The van der Waals surface area contributed by atoms with Crippen molar-refractivity contribution in [3.63, 3.8) is 0 Å². The lowest BCUT2D eigenvalue weighted by atomic mass is 10.1. The quantitative estimate of drug-likeness (QED) is 0.295. The van der Waals surface area contributed by atoms with Gasteiger partial charge in [0.25, 0.3) is 0 Å². The number of likely N-dealkylation sites (tertiary alicyclic amines) is 1. The number of halogens is 1. The second-order valence-corrected chi connectivity index (χ2v) is 7.79. The van der Waals surface area contributed by atoms with Crippen molar-refractivity contribution in [3.05, 3.63) is 53.6 Å². The highest BCUT2D eigenvalue weighted by atomic mass is 127. The number of rotatable bonds is 8. The normalized spacial score (nSPS) is 18.6. The molecule has 0 bridgehead atoms. The number of ether oxygens (including phenoxy) is 3. The first-order chi connectivity index (χ1) is 15.1. The smallest absolute Gasteiger partial charge is 0.191 e. The maximum absolute atomic E-state index is 5.53. The average Bonchev–Trinajstić information content (AvgIpc) is 3.14. The Bertz CT molecular complexity index is 879. The summed E-state index contributed by atoms with van der Waals surface area (Å²) in [5.74, 6) is 2.83. The third kappa shape index (κ3) is 6.65. The van der Waals surface area contributed by atoms with Gasteiger partial charge in [0.1, 0.15) is 5.75 Å². The standard InChI is InChI=1S/C24H34N4O3.HI/c1-17-11-20(16-28(17)15-18-9-7-6-8-10-18)27-24(25-2)26-14-19-12-22(30-4)23(31-5)13-21(19)29-3;/h6-10,12-13,17,20H,11,14-16H2,1-5H3,(H2,25,26,27);1H. The Morgan fingerprint density at radius 3 is 2.31 bits per heavy atom. The summed E-state index contributed by atoms with van der Waals surface area (Å²) in [6.45, 7) is 4.79. The number of hydrogen-bond acceptors (Lipinski definition) is 5. The SMILES string of the molecule is CN=C(NCc1cc(OC)c(OC)cc1OC)NC1CC(C)N(Cc2ccccc2)C1.I. The largest absolute Gasteiger partial charge is 0.496 e. The van der Waals surface area contributed by atoms with Crippen LogP contribution in [0.2, 0.25) is 0 Å². The zero-order valence-corrected chi connectivity index (χ0v) is 21.9. The first kappa shape index (κ1) is 26.1. The number of nitrogens with one attached hydrogen (secondary N) is 2. The van der Waals surface area contributed by atoms with Crippen LogP contribution in [0, 0.1) is 0 Å². The van der Waals surface area contributed by atoms with Gasteiger partial charge in [0.2, 0.25) is 0 Å². The summed E-state index contributed by atoms with van der Waals surface area (Å²) >= 11 is 0. The molecule has 1 aliphatic rings. The summed E-state index contributed by atoms with van der Waals surface area (Å²) in [7, 11) is 6.69. The topological polar surface area (TPSA) is 67.4 Å². The van der Waals surface area contributed by atoms with Gasteiger partial charge < -0.3 is 24.8 Å². The summed E-state index contributed by atoms with van der Waals surface area (Å²) in [6.07, 6.45) is 1.08. The molecule has 0 saturated carbocycles. The number of guanidine groups is 1. The molecule has 0 aromatic heterocycles. The summed E-state index contributed by atoms with van der Waals surface area (Å²) < 4.78 is 16.3. The Labute approximate surface area is 208 Å². The molecule has 2 aromatic rings. The molecule has 0 aliphatic carbocycles. The van der Waals surface area contributed by atoms with Crippen molar-refractivity contribution in [1.82, 2.24) is 15.5 Å². The zero-order chi connectivity index (χ0) is 22.2. The van der Waals surface area contributed by atoms with Gasteiger partial charge in [-0.1, -0.05) is 30.3 Å². The third-order valence-electron chi connectivity index (χ3n) is 5.73. The van der Waals surface area contributed by atoms with Crippen LogP contribution in [0.15, 0.2) is 47.5 Å². The Kier molecular flexibility index (Phi) is 10.4. The zero-order valence-electron chi connectivity index (χ0n) is 19.6. The van der Waals surface area contributed by atoms with Gasteiger partial charge in [0, 0.05) is 50.4 Å². The molecule has 1 aliphatic heterocycles. The van der Waals surface area contributed by atoms with Crippen LogP contribution in [-0.2, 0) is 13.1 Å². The minimum absolute atomic E-state index is 0. The van der Waals surface area contributed by atoms with Gasteiger partial charge in [-0.15, -0.1) is 24.0 Å². The van der Waals surface area contributed by atoms with Crippen molar-refractivity contribution in [2.45, 2.75) is 38.5 Å². The van der Waals surface area contributed by atoms with E-state index in [1.807, 2.05) is 12.1 Å². The molecule has 176 valence electrons. The summed E-state index contributed by atoms with van der Waals surface area (Å²) in [6, 6.07) is 15.3. The van der Waals surface area contributed by atoms with Crippen molar-refractivity contribution in [2.75, 3.05) is 34.9 Å². The van der Waals surface area contributed by atoms with E-state index in [-0.39, 0.29) is 24.0 Å². The second kappa shape index (κ2) is 12.7. The van der Waals surface area contributed by atoms with Crippen molar-refractivity contribution >= 4 is 29.9 Å². The van der Waals surface area contributed by atoms with E-state index in [4.69, 9.17) is 14.2 Å². The lowest BCUT2D eigenvalue weighted by Crippen LogP contribution is -2.44. The van der Waals surface area contributed by atoms with Gasteiger partial charge in [0.05, 0.1) is 21.3 Å². The molecule has 1 heterocycles. The highest BCUT2D eigenvalue weighted by molar-refractivity contribution is 14.0. The molecular weight excluding hydrogens is 519 g/mol. The molecular formula is C24H35IN4O3. The number of methoxy groups -OCH3 is 3.